The number of aryl methyl sites for hydroxylation is 2. The van der Waals surface area contributed by atoms with Crippen LogP contribution in [0.3, 0.4) is 0 Å². The van der Waals surface area contributed by atoms with Crippen LogP contribution in [0.1, 0.15) is 27.9 Å². The topological polar surface area (TPSA) is 64.1 Å². The first-order valence-electron chi connectivity index (χ1n) is 10.4. The highest BCUT2D eigenvalue weighted by atomic mass is 35.5. The maximum absolute atomic E-state index is 13.7. The first kappa shape index (κ1) is 26.7. The molecular formula is C24H32ClN3O4S. The van der Waals surface area contributed by atoms with Crippen molar-refractivity contribution in [3.05, 3.63) is 41.0 Å². The summed E-state index contributed by atoms with van der Waals surface area (Å²) in [5.41, 5.74) is 3.76. The highest BCUT2D eigenvalue weighted by molar-refractivity contribution is 7.22. The normalized spacial score (nSPS) is 10.8. The molecule has 0 aliphatic carbocycles. The molecule has 0 spiro atoms. The van der Waals surface area contributed by atoms with E-state index in [1.165, 1.54) is 22.5 Å². The Kier molecular flexibility index (Phi) is 9.34. The van der Waals surface area contributed by atoms with E-state index in [0.29, 0.717) is 34.5 Å². The average Bonchev–Trinajstić information content (AvgIpc) is 3.17. The molecule has 0 fully saturated rings. The molecule has 0 saturated carbocycles. The van der Waals surface area contributed by atoms with Gasteiger partial charge in [0.05, 0.1) is 31.5 Å². The van der Waals surface area contributed by atoms with Gasteiger partial charge in [0.15, 0.2) is 16.6 Å². The molecule has 7 nitrogen and oxygen atoms in total. The Morgan fingerprint density at radius 2 is 1.55 bits per heavy atom. The molecule has 1 heterocycles. The van der Waals surface area contributed by atoms with Crippen LogP contribution in [0, 0.1) is 13.8 Å². The summed E-state index contributed by atoms with van der Waals surface area (Å²) < 4.78 is 17.4. The van der Waals surface area contributed by atoms with E-state index in [0.717, 1.165) is 23.2 Å². The Morgan fingerprint density at radius 1 is 0.939 bits per heavy atom. The van der Waals surface area contributed by atoms with Crippen LogP contribution in [-0.4, -0.2) is 64.3 Å². The molecule has 3 rings (SSSR count). The second-order valence-corrected chi connectivity index (χ2v) is 8.94. The van der Waals surface area contributed by atoms with Gasteiger partial charge in [0.25, 0.3) is 5.91 Å². The van der Waals surface area contributed by atoms with E-state index < -0.39 is 0 Å². The van der Waals surface area contributed by atoms with Gasteiger partial charge in [-0.1, -0.05) is 11.3 Å². The number of halogens is 1. The summed E-state index contributed by atoms with van der Waals surface area (Å²) >= 11 is 1.53. The van der Waals surface area contributed by atoms with Gasteiger partial charge in [0.1, 0.15) is 0 Å². The third kappa shape index (κ3) is 5.88. The van der Waals surface area contributed by atoms with Crippen molar-refractivity contribution in [3.63, 3.8) is 0 Å². The third-order valence-corrected chi connectivity index (χ3v) is 6.41. The average molecular weight is 494 g/mol. The van der Waals surface area contributed by atoms with Crippen LogP contribution in [0.4, 0.5) is 5.13 Å². The van der Waals surface area contributed by atoms with Crippen LogP contribution in [0.25, 0.3) is 10.2 Å². The fourth-order valence-corrected chi connectivity index (χ4v) is 4.54. The van der Waals surface area contributed by atoms with Crippen LogP contribution in [-0.2, 0) is 0 Å². The van der Waals surface area contributed by atoms with E-state index in [4.69, 9.17) is 19.2 Å². The smallest absolute Gasteiger partial charge is 0.260 e. The number of methoxy groups -OCH3 is 3. The zero-order valence-electron chi connectivity index (χ0n) is 20.2. The first-order valence-corrected chi connectivity index (χ1v) is 11.2. The fraction of sp³-hybridized carbons (Fsp3) is 0.417. The molecule has 0 atom stereocenters. The van der Waals surface area contributed by atoms with Crippen molar-refractivity contribution in [3.8, 4) is 17.2 Å². The number of nitrogens with zero attached hydrogens (tertiary/aromatic N) is 3. The molecule has 0 aliphatic heterocycles. The van der Waals surface area contributed by atoms with Gasteiger partial charge in [-0.05, 0) is 76.3 Å². The predicted octanol–water partition coefficient (Wildman–Crippen LogP) is 4.96. The summed E-state index contributed by atoms with van der Waals surface area (Å²) in [5.74, 6) is 1.19. The van der Waals surface area contributed by atoms with Gasteiger partial charge in [0.2, 0.25) is 5.75 Å². The van der Waals surface area contributed by atoms with E-state index in [2.05, 4.69) is 30.9 Å². The quantitative estimate of drug-likeness (QED) is 0.420. The maximum atomic E-state index is 13.7. The molecule has 9 heteroatoms. The van der Waals surface area contributed by atoms with Crippen LogP contribution in [0.5, 0.6) is 17.2 Å². The number of benzene rings is 2. The van der Waals surface area contributed by atoms with E-state index in [1.54, 1.807) is 38.4 Å². The van der Waals surface area contributed by atoms with Crippen molar-refractivity contribution in [2.75, 3.05) is 53.4 Å². The lowest BCUT2D eigenvalue weighted by molar-refractivity contribution is 0.0985. The zero-order chi connectivity index (χ0) is 23.4. The summed E-state index contributed by atoms with van der Waals surface area (Å²) in [6, 6.07) is 7.58. The molecule has 0 radical (unpaired) electrons. The maximum Gasteiger partial charge on any atom is 0.260 e. The minimum absolute atomic E-state index is 0. The summed E-state index contributed by atoms with van der Waals surface area (Å²) in [7, 11) is 8.67. The third-order valence-electron chi connectivity index (χ3n) is 5.37. The van der Waals surface area contributed by atoms with Crippen LogP contribution >= 0.6 is 23.7 Å². The van der Waals surface area contributed by atoms with Crippen molar-refractivity contribution < 1.29 is 19.0 Å². The lowest BCUT2D eigenvalue weighted by Gasteiger charge is -2.22. The highest BCUT2D eigenvalue weighted by Crippen LogP contribution is 2.39. The largest absolute Gasteiger partial charge is 0.493 e. The Balaban J connectivity index is 0.00000385. The zero-order valence-corrected chi connectivity index (χ0v) is 21.9. The van der Waals surface area contributed by atoms with Gasteiger partial charge in [0, 0.05) is 12.1 Å². The summed E-state index contributed by atoms with van der Waals surface area (Å²) in [6.45, 7) is 5.57. The van der Waals surface area contributed by atoms with Crippen LogP contribution in [0.2, 0.25) is 0 Å². The summed E-state index contributed by atoms with van der Waals surface area (Å²) in [4.78, 5) is 22.3. The number of hydrogen-bond acceptors (Lipinski definition) is 7. The predicted molar refractivity (Wildman–Crippen MR) is 137 cm³/mol. The molecule has 0 saturated heterocycles. The van der Waals surface area contributed by atoms with E-state index in [-0.39, 0.29) is 18.3 Å². The molecule has 180 valence electrons. The van der Waals surface area contributed by atoms with Crippen LogP contribution < -0.4 is 19.1 Å². The molecule has 0 aliphatic rings. The number of ether oxygens (including phenoxy) is 3. The lowest BCUT2D eigenvalue weighted by Crippen LogP contribution is -2.33. The molecule has 1 amide bonds. The second-order valence-electron chi connectivity index (χ2n) is 7.93. The number of carbonyl (C=O) groups excluding carboxylic acids is 1. The SMILES string of the molecule is COc1cc(C(=O)N(CCCN(C)C)c2nc3cc(C)c(C)cc3s2)cc(OC)c1OC.Cl. The first-order chi connectivity index (χ1) is 15.3. The summed E-state index contributed by atoms with van der Waals surface area (Å²) in [5, 5.41) is 0.683. The molecule has 0 unspecified atom stereocenters. The van der Waals surface area contributed by atoms with Gasteiger partial charge in [-0.2, -0.15) is 0 Å². The van der Waals surface area contributed by atoms with E-state index in [1.807, 2.05) is 14.1 Å². The lowest BCUT2D eigenvalue weighted by atomic mass is 10.1. The van der Waals surface area contributed by atoms with Gasteiger partial charge >= 0.3 is 0 Å². The monoisotopic (exact) mass is 493 g/mol. The molecule has 33 heavy (non-hydrogen) atoms. The number of fused-ring (bicyclic) bond motifs is 1. The fourth-order valence-electron chi connectivity index (χ4n) is 3.47. The van der Waals surface area contributed by atoms with Crippen molar-refractivity contribution >= 4 is 45.0 Å². The second kappa shape index (κ2) is 11.5. The molecule has 0 bridgehead atoms. The number of aromatic nitrogens is 1. The Hall–Kier alpha value is -2.55. The molecular weight excluding hydrogens is 462 g/mol. The van der Waals surface area contributed by atoms with Crippen molar-refractivity contribution in [2.24, 2.45) is 0 Å². The number of thiazole rings is 1. The van der Waals surface area contributed by atoms with E-state index in [9.17, 15) is 4.79 Å². The minimum Gasteiger partial charge on any atom is -0.493 e. The molecule has 3 aromatic rings. The number of amides is 1. The molecule has 2 aromatic carbocycles. The summed E-state index contributed by atoms with van der Waals surface area (Å²) in [6.07, 6.45) is 0.817. The molecule has 1 aromatic heterocycles. The number of anilines is 1. The molecule has 0 N–H and O–H groups in total. The number of carbonyl (C=O) groups is 1. The van der Waals surface area contributed by atoms with Gasteiger partial charge in [-0.3, -0.25) is 9.69 Å². The van der Waals surface area contributed by atoms with Crippen molar-refractivity contribution in [2.45, 2.75) is 20.3 Å². The van der Waals surface area contributed by atoms with Crippen molar-refractivity contribution in [1.29, 1.82) is 0 Å². The van der Waals surface area contributed by atoms with Gasteiger partial charge < -0.3 is 19.1 Å². The van der Waals surface area contributed by atoms with Gasteiger partial charge in [-0.15, -0.1) is 12.4 Å². The Labute approximate surface area is 205 Å². The standard InChI is InChI=1S/C24H31N3O4S.ClH/c1-15-11-18-21(12-16(15)2)32-24(25-18)27(10-8-9-26(3)4)23(28)17-13-19(29-5)22(31-7)20(14-17)30-6;/h11-14H,8-10H2,1-7H3;1H. The number of hydrogen-bond donors (Lipinski definition) is 0. The van der Waals surface area contributed by atoms with E-state index >= 15 is 0 Å². The Morgan fingerprint density at radius 3 is 2.09 bits per heavy atom. The highest BCUT2D eigenvalue weighted by Gasteiger charge is 2.24. The van der Waals surface area contributed by atoms with Crippen molar-refractivity contribution in [1.82, 2.24) is 9.88 Å². The number of rotatable bonds is 9. The minimum atomic E-state index is -0.157. The van der Waals surface area contributed by atoms with Gasteiger partial charge in [-0.25, -0.2) is 4.98 Å². The van der Waals surface area contributed by atoms with Crippen LogP contribution in [0.15, 0.2) is 24.3 Å². The Bertz CT molecular complexity index is 1050.